The summed E-state index contributed by atoms with van der Waals surface area (Å²) in [6, 6.07) is -0.287. The highest BCUT2D eigenvalue weighted by Crippen LogP contribution is 1.85. The standard InChI is InChI=1S/C8H20N4O/c1-6(5-12(2)3)11-4-7(9)8(10)13/h6-7,11H,4-5,9H2,1-3H3,(H2,10,13). The fourth-order valence-corrected chi connectivity index (χ4v) is 1.04. The predicted octanol–water partition coefficient (Wildman–Crippen LogP) is -1.66. The highest BCUT2D eigenvalue weighted by Gasteiger charge is 2.10. The molecule has 78 valence electrons. The number of primary amides is 1. The maximum Gasteiger partial charge on any atom is 0.235 e. The molecule has 0 aromatic heterocycles. The zero-order valence-corrected chi connectivity index (χ0v) is 8.58. The molecule has 5 nitrogen and oxygen atoms in total. The maximum atomic E-state index is 10.6. The first-order valence-electron chi connectivity index (χ1n) is 4.36. The van der Waals surface area contributed by atoms with Crippen LogP contribution in [0.15, 0.2) is 0 Å². The lowest BCUT2D eigenvalue weighted by atomic mass is 10.2. The SMILES string of the molecule is CC(CN(C)C)NCC(N)C(N)=O. The smallest absolute Gasteiger partial charge is 0.235 e. The van der Waals surface area contributed by atoms with E-state index in [2.05, 4.69) is 10.2 Å². The monoisotopic (exact) mass is 188 g/mol. The summed E-state index contributed by atoms with van der Waals surface area (Å²) in [5, 5.41) is 3.13. The van der Waals surface area contributed by atoms with Gasteiger partial charge >= 0.3 is 0 Å². The van der Waals surface area contributed by atoms with Gasteiger partial charge in [-0.3, -0.25) is 4.79 Å². The number of hydrogen-bond acceptors (Lipinski definition) is 4. The Morgan fingerprint density at radius 3 is 2.46 bits per heavy atom. The van der Waals surface area contributed by atoms with E-state index in [1.807, 2.05) is 21.0 Å². The Morgan fingerprint density at radius 1 is 1.54 bits per heavy atom. The van der Waals surface area contributed by atoms with E-state index in [-0.39, 0.29) is 0 Å². The lowest BCUT2D eigenvalue weighted by Crippen LogP contribution is -2.48. The molecule has 13 heavy (non-hydrogen) atoms. The van der Waals surface area contributed by atoms with Crippen molar-refractivity contribution >= 4 is 5.91 Å². The van der Waals surface area contributed by atoms with Crippen LogP contribution in [0, 0.1) is 0 Å². The molecule has 0 bridgehead atoms. The van der Waals surface area contributed by atoms with Crippen LogP contribution in [-0.4, -0.2) is 50.1 Å². The van der Waals surface area contributed by atoms with Crippen LogP contribution < -0.4 is 16.8 Å². The number of rotatable bonds is 6. The van der Waals surface area contributed by atoms with E-state index in [4.69, 9.17) is 11.5 Å². The van der Waals surface area contributed by atoms with Crippen molar-refractivity contribution in [2.45, 2.75) is 19.0 Å². The van der Waals surface area contributed by atoms with Gasteiger partial charge in [0.15, 0.2) is 0 Å². The third kappa shape index (κ3) is 6.51. The second kappa shape index (κ2) is 5.90. The van der Waals surface area contributed by atoms with Gasteiger partial charge in [0.1, 0.15) is 0 Å². The van der Waals surface area contributed by atoms with Crippen molar-refractivity contribution in [3.63, 3.8) is 0 Å². The molecule has 0 spiro atoms. The normalized spacial score (nSPS) is 15.8. The van der Waals surface area contributed by atoms with Gasteiger partial charge in [-0.2, -0.15) is 0 Å². The lowest BCUT2D eigenvalue weighted by Gasteiger charge is -2.19. The van der Waals surface area contributed by atoms with Crippen LogP contribution in [0.4, 0.5) is 0 Å². The molecule has 0 rings (SSSR count). The Labute approximate surface area is 79.4 Å². The first-order valence-corrected chi connectivity index (χ1v) is 4.36. The van der Waals surface area contributed by atoms with E-state index in [1.54, 1.807) is 0 Å². The highest BCUT2D eigenvalue weighted by atomic mass is 16.1. The number of nitrogens with two attached hydrogens (primary N) is 2. The van der Waals surface area contributed by atoms with Crippen molar-refractivity contribution in [1.82, 2.24) is 10.2 Å². The van der Waals surface area contributed by atoms with Gasteiger partial charge in [-0.1, -0.05) is 0 Å². The van der Waals surface area contributed by atoms with Crippen molar-refractivity contribution < 1.29 is 4.79 Å². The fraction of sp³-hybridized carbons (Fsp3) is 0.875. The van der Waals surface area contributed by atoms with E-state index in [1.165, 1.54) is 0 Å². The number of carbonyl (C=O) groups excluding carboxylic acids is 1. The second-order valence-electron chi connectivity index (χ2n) is 3.58. The number of nitrogens with zero attached hydrogens (tertiary/aromatic N) is 1. The van der Waals surface area contributed by atoms with Crippen LogP contribution in [-0.2, 0) is 4.79 Å². The molecule has 5 N–H and O–H groups in total. The van der Waals surface area contributed by atoms with Gasteiger partial charge in [-0.15, -0.1) is 0 Å². The molecule has 0 radical (unpaired) electrons. The number of likely N-dealkylation sites (N-methyl/N-ethyl adjacent to an activating group) is 1. The van der Waals surface area contributed by atoms with Gasteiger partial charge in [-0.25, -0.2) is 0 Å². The number of carbonyl (C=O) groups is 1. The Bertz CT molecular complexity index is 160. The van der Waals surface area contributed by atoms with Crippen molar-refractivity contribution in [1.29, 1.82) is 0 Å². The Kier molecular flexibility index (Phi) is 5.61. The van der Waals surface area contributed by atoms with Gasteiger partial charge in [0.25, 0.3) is 0 Å². The fourth-order valence-electron chi connectivity index (χ4n) is 1.04. The van der Waals surface area contributed by atoms with Crippen LogP contribution in [0.3, 0.4) is 0 Å². The molecular weight excluding hydrogens is 168 g/mol. The van der Waals surface area contributed by atoms with Crippen molar-refractivity contribution in [3.05, 3.63) is 0 Å². The largest absolute Gasteiger partial charge is 0.368 e. The first-order chi connectivity index (χ1) is 5.93. The highest BCUT2D eigenvalue weighted by molar-refractivity contribution is 5.79. The topological polar surface area (TPSA) is 84.4 Å². The summed E-state index contributed by atoms with van der Waals surface area (Å²) < 4.78 is 0. The van der Waals surface area contributed by atoms with E-state index in [0.717, 1.165) is 6.54 Å². The third-order valence-corrected chi connectivity index (χ3v) is 1.69. The van der Waals surface area contributed by atoms with E-state index in [0.29, 0.717) is 12.6 Å². The van der Waals surface area contributed by atoms with Crippen LogP contribution in [0.25, 0.3) is 0 Å². The molecule has 0 fully saturated rings. The average Bonchev–Trinajstić information content (AvgIpc) is 1.98. The van der Waals surface area contributed by atoms with Gasteiger partial charge in [0, 0.05) is 19.1 Å². The van der Waals surface area contributed by atoms with Crippen molar-refractivity contribution in [2.75, 3.05) is 27.2 Å². The Balaban J connectivity index is 3.57. The van der Waals surface area contributed by atoms with Gasteiger partial charge in [0.2, 0.25) is 5.91 Å². The number of hydrogen-bond donors (Lipinski definition) is 3. The molecule has 0 aliphatic heterocycles. The Hall–Kier alpha value is -0.650. The molecule has 1 amide bonds. The number of amides is 1. The average molecular weight is 188 g/mol. The zero-order valence-electron chi connectivity index (χ0n) is 8.58. The molecule has 2 atom stereocenters. The van der Waals surface area contributed by atoms with Crippen LogP contribution in [0.2, 0.25) is 0 Å². The molecule has 0 heterocycles. The zero-order chi connectivity index (χ0) is 10.4. The minimum Gasteiger partial charge on any atom is -0.368 e. The summed E-state index contributed by atoms with van der Waals surface area (Å²) in [5.74, 6) is -0.468. The number of nitrogens with one attached hydrogen (secondary N) is 1. The second-order valence-corrected chi connectivity index (χ2v) is 3.58. The van der Waals surface area contributed by atoms with E-state index in [9.17, 15) is 4.79 Å². The minimum atomic E-state index is -0.593. The molecule has 0 saturated carbocycles. The third-order valence-electron chi connectivity index (χ3n) is 1.69. The molecule has 5 heteroatoms. The first kappa shape index (κ1) is 12.3. The van der Waals surface area contributed by atoms with Gasteiger partial charge in [0.05, 0.1) is 6.04 Å². The summed E-state index contributed by atoms with van der Waals surface area (Å²) >= 11 is 0. The summed E-state index contributed by atoms with van der Waals surface area (Å²) in [6.07, 6.45) is 0. The molecule has 0 aliphatic rings. The molecule has 0 aliphatic carbocycles. The van der Waals surface area contributed by atoms with E-state index < -0.39 is 11.9 Å². The van der Waals surface area contributed by atoms with Crippen molar-refractivity contribution in [3.8, 4) is 0 Å². The maximum absolute atomic E-state index is 10.6. The van der Waals surface area contributed by atoms with Crippen LogP contribution in [0.5, 0.6) is 0 Å². The summed E-state index contributed by atoms with van der Waals surface area (Å²) in [4.78, 5) is 12.6. The van der Waals surface area contributed by atoms with Crippen LogP contribution >= 0.6 is 0 Å². The molecular formula is C8H20N4O. The van der Waals surface area contributed by atoms with E-state index >= 15 is 0 Å². The molecule has 0 aromatic rings. The Morgan fingerprint density at radius 2 is 2.08 bits per heavy atom. The quantitative estimate of drug-likeness (QED) is 0.466. The molecule has 2 unspecified atom stereocenters. The summed E-state index contributed by atoms with van der Waals surface area (Å²) in [7, 11) is 3.98. The lowest BCUT2D eigenvalue weighted by molar-refractivity contribution is -0.119. The van der Waals surface area contributed by atoms with Crippen LogP contribution in [0.1, 0.15) is 6.92 Å². The van der Waals surface area contributed by atoms with Gasteiger partial charge < -0.3 is 21.7 Å². The molecule has 0 saturated heterocycles. The summed E-state index contributed by atoms with van der Waals surface area (Å²) in [5.41, 5.74) is 10.5. The summed E-state index contributed by atoms with van der Waals surface area (Å²) in [6.45, 7) is 3.38. The predicted molar refractivity (Wildman–Crippen MR) is 53.2 cm³/mol. The van der Waals surface area contributed by atoms with Crippen molar-refractivity contribution in [2.24, 2.45) is 11.5 Å². The molecule has 0 aromatic carbocycles. The van der Waals surface area contributed by atoms with Gasteiger partial charge in [-0.05, 0) is 21.0 Å². The minimum absolute atomic E-state index is 0.306.